The summed E-state index contributed by atoms with van der Waals surface area (Å²) in [7, 11) is 1.39. The molecule has 0 unspecified atom stereocenters. The van der Waals surface area contributed by atoms with Gasteiger partial charge in [-0.3, -0.25) is 4.79 Å². The zero-order valence-electron chi connectivity index (χ0n) is 14.0. The van der Waals surface area contributed by atoms with Crippen LogP contribution in [0.4, 0.5) is 5.82 Å². The SMILES string of the molecule is COC(=O)CCSc1nc(N)c2c3c(sc2n1)CO[C@H](C(C)C)C3. The van der Waals surface area contributed by atoms with E-state index >= 15 is 0 Å². The quantitative estimate of drug-likeness (QED) is 0.494. The minimum atomic E-state index is -0.236. The van der Waals surface area contributed by atoms with Crippen molar-refractivity contribution in [3.63, 3.8) is 0 Å². The second-order valence-electron chi connectivity index (χ2n) is 6.05. The van der Waals surface area contributed by atoms with Crippen LogP contribution in [0.2, 0.25) is 0 Å². The Morgan fingerprint density at radius 2 is 2.29 bits per heavy atom. The Balaban J connectivity index is 1.84. The number of aromatic nitrogens is 2. The van der Waals surface area contributed by atoms with Crippen LogP contribution in [-0.4, -0.2) is 34.9 Å². The van der Waals surface area contributed by atoms with Crippen molar-refractivity contribution in [3.8, 4) is 0 Å². The largest absolute Gasteiger partial charge is 0.469 e. The van der Waals surface area contributed by atoms with E-state index < -0.39 is 0 Å². The molecule has 2 N–H and O–H groups in total. The molecule has 1 atom stereocenters. The third-order valence-corrected chi connectivity index (χ3v) is 6.03. The van der Waals surface area contributed by atoms with Crippen LogP contribution >= 0.6 is 23.1 Å². The van der Waals surface area contributed by atoms with E-state index in [2.05, 4.69) is 28.6 Å². The van der Waals surface area contributed by atoms with Gasteiger partial charge in [0.25, 0.3) is 0 Å². The molecule has 24 heavy (non-hydrogen) atoms. The van der Waals surface area contributed by atoms with Crippen molar-refractivity contribution in [2.45, 2.75) is 44.6 Å². The van der Waals surface area contributed by atoms with Crippen LogP contribution in [0, 0.1) is 5.92 Å². The molecule has 0 aromatic carbocycles. The number of nitrogen functional groups attached to an aromatic ring is 1. The summed E-state index contributed by atoms with van der Waals surface area (Å²) in [4.78, 5) is 22.3. The number of esters is 1. The monoisotopic (exact) mass is 367 g/mol. The summed E-state index contributed by atoms with van der Waals surface area (Å²) < 4.78 is 10.6. The van der Waals surface area contributed by atoms with Crippen molar-refractivity contribution < 1.29 is 14.3 Å². The molecule has 0 amide bonds. The number of methoxy groups -OCH3 is 1. The maximum absolute atomic E-state index is 11.2. The van der Waals surface area contributed by atoms with E-state index in [0.29, 0.717) is 35.7 Å². The standard InChI is InChI=1S/C16H21N3O3S2/c1-8(2)10-6-9-11(7-22-10)24-15-13(9)14(17)18-16(19-15)23-5-4-12(20)21-3/h8,10H,4-7H2,1-3H3,(H2,17,18,19)/t10-/m0/s1. The van der Waals surface area contributed by atoms with Crippen molar-refractivity contribution in [2.24, 2.45) is 5.92 Å². The zero-order chi connectivity index (χ0) is 17.3. The average molecular weight is 367 g/mol. The van der Waals surface area contributed by atoms with Gasteiger partial charge in [-0.25, -0.2) is 9.97 Å². The predicted octanol–water partition coefficient (Wildman–Crippen LogP) is 3.03. The van der Waals surface area contributed by atoms with E-state index in [-0.39, 0.29) is 12.1 Å². The normalized spacial score (nSPS) is 17.2. The Kier molecular flexibility index (Phi) is 5.27. The predicted molar refractivity (Wildman–Crippen MR) is 96.3 cm³/mol. The number of nitrogens with zero attached hydrogens (tertiary/aromatic N) is 2. The summed E-state index contributed by atoms with van der Waals surface area (Å²) in [5.41, 5.74) is 7.45. The topological polar surface area (TPSA) is 87.3 Å². The molecule has 6 nitrogen and oxygen atoms in total. The Morgan fingerprint density at radius 3 is 3.00 bits per heavy atom. The molecular weight excluding hydrogens is 346 g/mol. The molecule has 1 aliphatic rings. The van der Waals surface area contributed by atoms with Gasteiger partial charge in [0.15, 0.2) is 5.16 Å². The highest BCUT2D eigenvalue weighted by Crippen LogP contribution is 2.39. The first-order chi connectivity index (χ1) is 11.5. The van der Waals surface area contributed by atoms with Crippen molar-refractivity contribution in [3.05, 3.63) is 10.4 Å². The van der Waals surface area contributed by atoms with Crippen molar-refractivity contribution in [1.29, 1.82) is 0 Å². The first-order valence-corrected chi connectivity index (χ1v) is 9.68. The Hall–Kier alpha value is -1.38. The van der Waals surface area contributed by atoms with Crippen LogP contribution in [0.25, 0.3) is 10.2 Å². The number of carbonyl (C=O) groups is 1. The summed E-state index contributed by atoms with van der Waals surface area (Å²) in [5, 5.41) is 1.57. The van der Waals surface area contributed by atoms with Crippen molar-refractivity contribution >= 4 is 45.1 Å². The summed E-state index contributed by atoms with van der Waals surface area (Å²) in [6, 6.07) is 0. The van der Waals surface area contributed by atoms with E-state index in [1.807, 2.05) is 0 Å². The first kappa shape index (κ1) is 17.4. The number of ether oxygens (including phenoxy) is 2. The lowest BCUT2D eigenvalue weighted by molar-refractivity contribution is -0.140. The molecule has 0 saturated carbocycles. The van der Waals surface area contributed by atoms with E-state index in [9.17, 15) is 4.79 Å². The van der Waals surface area contributed by atoms with Gasteiger partial charge in [-0.2, -0.15) is 0 Å². The molecule has 2 aromatic heterocycles. The van der Waals surface area contributed by atoms with Crippen LogP contribution < -0.4 is 5.73 Å². The molecule has 0 bridgehead atoms. The maximum atomic E-state index is 11.2. The van der Waals surface area contributed by atoms with Gasteiger partial charge < -0.3 is 15.2 Å². The number of hydrogen-bond acceptors (Lipinski definition) is 8. The third kappa shape index (κ3) is 3.50. The summed E-state index contributed by atoms with van der Waals surface area (Å²) in [5.74, 6) is 1.31. The number of carbonyl (C=O) groups excluding carboxylic acids is 1. The number of thioether (sulfide) groups is 1. The lowest BCUT2D eigenvalue weighted by Crippen LogP contribution is -2.26. The molecule has 0 aliphatic carbocycles. The molecule has 8 heteroatoms. The number of thiophene rings is 1. The molecule has 2 aromatic rings. The Morgan fingerprint density at radius 1 is 1.50 bits per heavy atom. The van der Waals surface area contributed by atoms with Crippen LogP contribution in [0.5, 0.6) is 0 Å². The molecule has 0 saturated heterocycles. The fourth-order valence-corrected chi connectivity index (χ4v) is 4.67. The van der Waals surface area contributed by atoms with Crippen molar-refractivity contribution in [1.82, 2.24) is 9.97 Å². The first-order valence-electron chi connectivity index (χ1n) is 7.88. The van der Waals surface area contributed by atoms with Gasteiger partial charge in [-0.15, -0.1) is 11.3 Å². The Bertz CT molecular complexity index is 761. The maximum Gasteiger partial charge on any atom is 0.306 e. The van der Waals surface area contributed by atoms with E-state index in [4.69, 9.17) is 10.5 Å². The van der Waals surface area contributed by atoms with E-state index in [0.717, 1.165) is 16.6 Å². The van der Waals surface area contributed by atoms with Crippen LogP contribution in [0.1, 0.15) is 30.7 Å². The Labute approximate surface area is 149 Å². The van der Waals surface area contributed by atoms with Gasteiger partial charge in [0.1, 0.15) is 10.6 Å². The summed E-state index contributed by atoms with van der Waals surface area (Å²) >= 11 is 3.04. The molecular formula is C16H21N3O3S2. The van der Waals surface area contributed by atoms with Crippen LogP contribution in [-0.2, 0) is 27.3 Å². The minimum absolute atomic E-state index is 0.212. The van der Waals surface area contributed by atoms with Gasteiger partial charge in [0.05, 0.1) is 31.6 Å². The number of nitrogens with two attached hydrogens (primary N) is 1. The summed E-state index contributed by atoms with van der Waals surface area (Å²) in [6.45, 7) is 4.95. The lowest BCUT2D eigenvalue weighted by atomic mass is 9.96. The number of fused-ring (bicyclic) bond motifs is 3. The van der Waals surface area contributed by atoms with Gasteiger partial charge in [0, 0.05) is 17.1 Å². The molecule has 3 rings (SSSR count). The highest BCUT2D eigenvalue weighted by molar-refractivity contribution is 7.99. The molecule has 0 fully saturated rings. The number of anilines is 1. The van der Waals surface area contributed by atoms with Crippen molar-refractivity contribution in [2.75, 3.05) is 18.6 Å². The van der Waals surface area contributed by atoms with Crippen LogP contribution in [0.15, 0.2) is 5.16 Å². The summed E-state index contributed by atoms with van der Waals surface area (Å²) in [6.07, 6.45) is 1.40. The fraction of sp³-hybridized carbons (Fsp3) is 0.562. The average Bonchev–Trinajstić information content (AvgIpc) is 2.92. The minimum Gasteiger partial charge on any atom is -0.469 e. The van der Waals surface area contributed by atoms with Crippen LogP contribution in [0.3, 0.4) is 0 Å². The second-order valence-corrected chi connectivity index (χ2v) is 8.19. The smallest absolute Gasteiger partial charge is 0.306 e. The second kappa shape index (κ2) is 7.25. The molecule has 130 valence electrons. The van der Waals surface area contributed by atoms with Gasteiger partial charge in [0.2, 0.25) is 0 Å². The fourth-order valence-electron chi connectivity index (χ4n) is 2.71. The van der Waals surface area contributed by atoms with E-state index in [1.165, 1.54) is 29.3 Å². The molecule has 1 aliphatic heterocycles. The zero-order valence-corrected chi connectivity index (χ0v) is 15.6. The number of rotatable bonds is 5. The highest BCUT2D eigenvalue weighted by atomic mass is 32.2. The lowest BCUT2D eigenvalue weighted by Gasteiger charge is -2.26. The molecule has 0 spiro atoms. The van der Waals surface area contributed by atoms with E-state index in [1.54, 1.807) is 11.3 Å². The van der Waals surface area contributed by atoms with Gasteiger partial charge in [-0.05, 0) is 11.5 Å². The third-order valence-electron chi connectivity index (χ3n) is 4.08. The van der Waals surface area contributed by atoms with Gasteiger partial charge in [-0.1, -0.05) is 25.6 Å². The number of hydrogen-bond donors (Lipinski definition) is 1. The molecule has 0 radical (unpaired) electrons. The molecule has 3 heterocycles. The van der Waals surface area contributed by atoms with Gasteiger partial charge >= 0.3 is 5.97 Å². The highest BCUT2D eigenvalue weighted by Gasteiger charge is 2.27.